The molecule has 1 aliphatic heterocycles. The Morgan fingerprint density at radius 3 is 3.00 bits per heavy atom. The normalized spacial score (nSPS) is 16.1. The van der Waals surface area contributed by atoms with Crippen LogP contribution in [-0.2, 0) is 6.42 Å². The van der Waals surface area contributed by atoms with Crippen LogP contribution in [0.1, 0.15) is 21.6 Å². The van der Waals surface area contributed by atoms with Crippen molar-refractivity contribution in [3.8, 4) is 5.75 Å². The number of aromatic nitrogens is 1. The van der Waals surface area contributed by atoms with Crippen LogP contribution in [0.2, 0.25) is 0 Å². The van der Waals surface area contributed by atoms with E-state index in [1.807, 2.05) is 18.2 Å². The van der Waals surface area contributed by atoms with Crippen LogP contribution in [0.15, 0.2) is 36.4 Å². The summed E-state index contributed by atoms with van der Waals surface area (Å²) in [6.07, 6.45) is 0.888. The van der Waals surface area contributed by atoms with E-state index in [4.69, 9.17) is 9.84 Å². The van der Waals surface area contributed by atoms with Crippen molar-refractivity contribution in [2.45, 2.75) is 19.4 Å². The number of nitrogens with zero attached hydrogens (tertiary/aromatic N) is 1. The summed E-state index contributed by atoms with van der Waals surface area (Å²) in [5, 5.41) is 12.2. The number of fused-ring (bicyclic) bond motifs is 1. The van der Waals surface area contributed by atoms with Crippen LogP contribution in [0, 0.1) is 6.92 Å². The molecular weight excluding hydrogens is 268 g/mol. The molecule has 0 bridgehead atoms. The molecule has 5 heteroatoms. The third kappa shape index (κ3) is 2.97. The Bertz CT molecular complexity index is 660. The number of hydrogen-bond donors (Lipinski definition) is 2. The van der Waals surface area contributed by atoms with Gasteiger partial charge in [-0.3, -0.25) is 0 Å². The van der Waals surface area contributed by atoms with Crippen molar-refractivity contribution in [2.75, 3.05) is 11.9 Å². The van der Waals surface area contributed by atoms with E-state index >= 15 is 0 Å². The lowest BCUT2D eigenvalue weighted by atomic mass is 10.1. The third-order valence-corrected chi connectivity index (χ3v) is 3.43. The van der Waals surface area contributed by atoms with E-state index in [-0.39, 0.29) is 11.7 Å². The summed E-state index contributed by atoms with van der Waals surface area (Å²) in [6, 6.07) is 11.1. The molecule has 0 saturated carbocycles. The summed E-state index contributed by atoms with van der Waals surface area (Å²) in [4.78, 5) is 15.3. The molecule has 1 unspecified atom stereocenters. The molecule has 0 radical (unpaired) electrons. The van der Waals surface area contributed by atoms with Crippen molar-refractivity contribution in [1.29, 1.82) is 0 Å². The van der Waals surface area contributed by atoms with Gasteiger partial charge in [0.1, 0.15) is 17.7 Å². The van der Waals surface area contributed by atoms with Gasteiger partial charge in [0.25, 0.3) is 0 Å². The summed E-state index contributed by atoms with van der Waals surface area (Å²) in [5.41, 5.74) is 2.11. The zero-order chi connectivity index (χ0) is 14.8. The lowest BCUT2D eigenvalue weighted by Gasteiger charge is -2.13. The SMILES string of the molecule is Cc1cc(C(=O)O)cc(NCC2Cc3ccccc3O2)n1. The van der Waals surface area contributed by atoms with Crippen LogP contribution in [-0.4, -0.2) is 28.7 Å². The number of para-hydroxylation sites is 1. The number of rotatable bonds is 4. The highest BCUT2D eigenvalue weighted by molar-refractivity contribution is 5.88. The Balaban J connectivity index is 1.65. The first-order chi connectivity index (χ1) is 10.1. The number of carboxylic acid groups (broad SMARTS) is 1. The molecule has 3 rings (SSSR count). The molecule has 1 atom stereocenters. The van der Waals surface area contributed by atoms with Crippen molar-refractivity contribution in [1.82, 2.24) is 4.98 Å². The Labute approximate surface area is 122 Å². The second-order valence-corrected chi connectivity index (χ2v) is 5.12. The number of ether oxygens (including phenoxy) is 1. The molecule has 21 heavy (non-hydrogen) atoms. The second-order valence-electron chi connectivity index (χ2n) is 5.12. The van der Waals surface area contributed by atoms with Crippen molar-refractivity contribution in [2.24, 2.45) is 0 Å². The highest BCUT2D eigenvalue weighted by Crippen LogP contribution is 2.28. The molecule has 0 amide bonds. The molecule has 0 saturated heterocycles. The monoisotopic (exact) mass is 284 g/mol. The van der Waals surface area contributed by atoms with Gasteiger partial charge < -0.3 is 15.2 Å². The minimum Gasteiger partial charge on any atom is -0.488 e. The standard InChI is InChI=1S/C16H16N2O3/c1-10-6-12(16(19)20)8-15(18-10)17-9-13-7-11-4-2-3-5-14(11)21-13/h2-6,8,13H,7,9H2,1H3,(H,17,18)(H,19,20). The molecule has 1 aromatic heterocycles. The summed E-state index contributed by atoms with van der Waals surface area (Å²) in [7, 11) is 0. The van der Waals surface area contributed by atoms with E-state index in [0.29, 0.717) is 18.1 Å². The van der Waals surface area contributed by atoms with Gasteiger partial charge in [-0.1, -0.05) is 18.2 Å². The lowest BCUT2D eigenvalue weighted by Crippen LogP contribution is -2.24. The van der Waals surface area contributed by atoms with E-state index in [9.17, 15) is 4.79 Å². The van der Waals surface area contributed by atoms with E-state index in [1.54, 1.807) is 13.0 Å². The average molecular weight is 284 g/mol. The van der Waals surface area contributed by atoms with Gasteiger partial charge in [-0.05, 0) is 30.7 Å². The van der Waals surface area contributed by atoms with Crippen molar-refractivity contribution in [3.63, 3.8) is 0 Å². The lowest BCUT2D eigenvalue weighted by molar-refractivity contribution is 0.0696. The van der Waals surface area contributed by atoms with Crippen molar-refractivity contribution < 1.29 is 14.6 Å². The number of benzene rings is 1. The van der Waals surface area contributed by atoms with E-state index in [0.717, 1.165) is 12.2 Å². The fourth-order valence-corrected chi connectivity index (χ4v) is 2.47. The first-order valence-electron chi connectivity index (χ1n) is 6.82. The fraction of sp³-hybridized carbons (Fsp3) is 0.250. The molecule has 2 N–H and O–H groups in total. The van der Waals surface area contributed by atoms with E-state index < -0.39 is 5.97 Å². The van der Waals surface area contributed by atoms with Gasteiger partial charge in [0.05, 0.1) is 12.1 Å². The number of carbonyl (C=O) groups is 1. The van der Waals surface area contributed by atoms with Gasteiger partial charge >= 0.3 is 5.97 Å². The highest BCUT2D eigenvalue weighted by Gasteiger charge is 2.22. The predicted molar refractivity (Wildman–Crippen MR) is 79.0 cm³/mol. The number of nitrogens with one attached hydrogen (secondary N) is 1. The fourth-order valence-electron chi connectivity index (χ4n) is 2.47. The quantitative estimate of drug-likeness (QED) is 0.902. The second kappa shape index (κ2) is 5.44. The van der Waals surface area contributed by atoms with Crippen LogP contribution in [0.25, 0.3) is 0 Å². The minimum absolute atomic E-state index is 0.0398. The van der Waals surface area contributed by atoms with Gasteiger partial charge in [0, 0.05) is 12.1 Å². The Morgan fingerprint density at radius 2 is 2.24 bits per heavy atom. The summed E-state index contributed by atoms with van der Waals surface area (Å²) < 4.78 is 5.83. The molecular formula is C16H16N2O3. The molecule has 108 valence electrons. The van der Waals surface area contributed by atoms with Crippen LogP contribution in [0.3, 0.4) is 0 Å². The molecule has 1 aliphatic rings. The maximum absolute atomic E-state index is 11.0. The number of hydrogen-bond acceptors (Lipinski definition) is 4. The third-order valence-electron chi connectivity index (χ3n) is 3.43. The number of aromatic carboxylic acids is 1. The van der Waals surface area contributed by atoms with Gasteiger partial charge in [-0.25, -0.2) is 9.78 Å². The maximum Gasteiger partial charge on any atom is 0.335 e. The Kier molecular flexibility index (Phi) is 3.48. The highest BCUT2D eigenvalue weighted by atomic mass is 16.5. The van der Waals surface area contributed by atoms with Crippen molar-refractivity contribution in [3.05, 3.63) is 53.2 Å². The molecule has 2 heterocycles. The summed E-state index contributed by atoms with van der Waals surface area (Å²) >= 11 is 0. The smallest absolute Gasteiger partial charge is 0.335 e. The average Bonchev–Trinajstić information content (AvgIpc) is 2.87. The van der Waals surface area contributed by atoms with Gasteiger partial charge in [-0.15, -0.1) is 0 Å². The van der Waals surface area contributed by atoms with Gasteiger partial charge in [-0.2, -0.15) is 0 Å². The number of pyridine rings is 1. The van der Waals surface area contributed by atoms with E-state index in [1.165, 1.54) is 11.6 Å². The largest absolute Gasteiger partial charge is 0.488 e. The number of aryl methyl sites for hydroxylation is 1. The van der Waals surface area contributed by atoms with Crippen LogP contribution < -0.4 is 10.1 Å². The number of carboxylic acids is 1. The van der Waals surface area contributed by atoms with Crippen molar-refractivity contribution >= 4 is 11.8 Å². The first-order valence-corrected chi connectivity index (χ1v) is 6.82. The summed E-state index contributed by atoms with van der Waals surface area (Å²) in [5.74, 6) is 0.535. The Hall–Kier alpha value is -2.56. The first kappa shape index (κ1) is 13.4. The minimum atomic E-state index is -0.951. The van der Waals surface area contributed by atoms with Crippen LogP contribution in [0.5, 0.6) is 5.75 Å². The molecule has 5 nitrogen and oxygen atoms in total. The molecule has 0 aliphatic carbocycles. The zero-order valence-electron chi connectivity index (χ0n) is 11.7. The Morgan fingerprint density at radius 1 is 1.43 bits per heavy atom. The molecule has 0 fully saturated rings. The van der Waals surface area contributed by atoms with Crippen LogP contribution in [0.4, 0.5) is 5.82 Å². The topological polar surface area (TPSA) is 71.5 Å². The van der Waals surface area contributed by atoms with Crippen LogP contribution >= 0.6 is 0 Å². The van der Waals surface area contributed by atoms with E-state index in [2.05, 4.69) is 16.4 Å². The van der Waals surface area contributed by atoms with Gasteiger partial charge in [0.15, 0.2) is 0 Å². The molecule has 1 aromatic carbocycles. The molecule has 2 aromatic rings. The molecule has 0 spiro atoms. The zero-order valence-corrected chi connectivity index (χ0v) is 11.7. The summed E-state index contributed by atoms with van der Waals surface area (Å²) in [6.45, 7) is 2.36. The number of anilines is 1. The predicted octanol–water partition coefficient (Wildman–Crippen LogP) is 2.50. The van der Waals surface area contributed by atoms with Gasteiger partial charge in [0.2, 0.25) is 0 Å². The maximum atomic E-state index is 11.0.